The Balaban J connectivity index is 2.89. The maximum absolute atomic E-state index is 11.7. The van der Waals surface area contributed by atoms with Crippen LogP contribution >= 0.6 is 11.8 Å². The summed E-state index contributed by atoms with van der Waals surface area (Å²) in [5.74, 6) is -0.00194. The van der Waals surface area contributed by atoms with Gasteiger partial charge in [0.1, 0.15) is 11.4 Å². The van der Waals surface area contributed by atoms with Gasteiger partial charge in [-0.25, -0.2) is 14.8 Å². The van der Waals surface area contributed by atoms with Gasteiger partial charge >= 0.3 is 5.97 Å². The van der Waals surface area contributed by atoms with Crippen LogP contribution in [0.4, 0.5) is 5.82 Å². The van der Waals surface area contributed by atoms with Gasteiger partial charge in [0.05, 0.1) is 6.61 Å². The predicted octanol–water partition coefficient (Wildman–Crippen LogP) is 1.17. The highest BCUT2D eigenvalue weighted by molar-refractivity contribution is 7.98. The zero-order valence-corrected chi connectivity index (χ0v) is 11.3. The molecule has 0 amide bonds. The molecule has 0 aliphatic heterocycles. The average molecular weight is 271 g/mol. The molecule has 1 aromatic rings. The van der Waals surface area contributed by atoms with E-state index in [9.17, 15) is 4.79 Å². The number of thioether (sulfide) groups is 1. The van der Waals surface area contributed by atoms with E-state index in [-0.39, 0.29) is 6.61 Å². The third-order valence-electron chi connectivity index (χ3n) is 2.07. The van der Waals surface area contributed by atoms with Crippen molar-refractivity contribution in [2.24, 2.45) is 0 Å². The molecule has 2 N–H and O–H groups in total. The Hall–Kier alpha value is -1.34. The molecule has 0 fully saturated rings. The molecule has 18 heavy (non-hydrogen) atoms. The molecule has 0 saturated carbocycles. The maximum Gasteiger partial charge on any atom is 0.343 e. The van der Waals surface area contributed by atoms with Crippen molar-refractivity contribution in [2.75, 3.05) is 31.3 Å². The predicted molar refractivity (Wildman–Crippen MR) is 70.0 cm³/mol. The number of carbonyl (C=O) groups excluding carboxylic acids is 1. The number of aromatic nitrogens is 2. The minimum Gasteiger partial charge on any atom is -0.462 e. The Bertz CT molecular complexity index is 401. The highest BCUT2D eigenvalue weighted by atomic mass is 32.2. The van der Waals surface area contributed by atoms with Crippen molar-refractivity contribution < 1.29 is 14.6 Å². The summed E-state index contributed by atoms with van der Waals surface area (Å²) >= 11 is 1.39. The number of ether oxygens (including phenoxy) is 1. The van der Waals surface area contributed by atoms with E-state index >= 15 is 0 Å². The van der Waals surface area contributed by atoms with Crippen molar-refractivity contribution in [1.29, 1.82) is 0 Å². The first-order valence-electron chi connectivity index (χ1n) is 5.65. The molecule has 1 heterocycles. The summed E-state index contributed by atoms with van der Waals surface area (Å²) in [4.78, 5) is 20.0. The fraction of sp³-hybridized carbons (Fsp3) is 0.545. The molecule has 6 nitrogen and oxygen atoms in total. The van der Waals surface area contributed by atoms with Gasteiger partial charge in [0, 0.05) is 19.3 Å². The van der Waals surface area contributed by atoms with Crippen LogP contribution in [0.3, 0.4) is 0 Å². The summed E-state index contributed by atoms with van der Waals surface area (Å²) in [6, 6.07) is 0. The maximum atomic E-state index is 11.7. The van der Waals surface area contributed by atoms with Crippen LogP contribution in [0, 0.1) is 0 Å². The van der Waals surface area contributed by atoms with Crippen LogP contribution in [0.5, 0.6) is 0 Å². The van der Waals surface area contributed by atoms with Crippen LogP contribution in [0.1, 0.15) is 23.7 Å². The molecule has 1 aromatic heterocycles. The average Bonchev–Trinajstić information content (AvgIpc) is 2.39. The fourth-order valence-corrected chi connectivity index (χ4v) is 1.58. The van der Waals surface area contributed by atoms with E-state index in [1.165, 1.54) is 18.0 Å². The molecule has 0 aliphatic carbocycles. The van der Waals surface area contributed by atoms with Crippen molar-refractivity contribution in [3.63, 3.8) is 0 Å². The van der Waals surface area contributed by atoms with E-state index in [2.05, 4.69) is 15.3 Å². The van der Waals surface area contributed by atoms with Crippen LogP contribution in [-0.2, 0) is 4.74 Å². The third-order valence-corrected chi connectivity index (χ3v) is 2.63. The van der Waals surface area contributed by atoms with Gasteiger partial charge in [-0.05, 0) is 19.6 Å². The molecule has 0 aliphatic rings. The van der Waals surface area contributed by atoms with Gasteiger partial charge in [-0.1, -0.05) is 11.8 Å². The summed E-state index contributed by atoms with van der Waals surface area (Å²) in [5.41, 5.74) is 0.313. The van der Waals surface area contributed by atoms with Gasteiger partial charge in [-0.3, -0.25) is 0 Å². The Morgan fingerprint density at radius 3 is 3.00 bits per heavy atom. The fourth-order valence-electron chi connectivity index (χ4n) is 1.24. The molecule has 0 radical (unpaired) electrons. The monoisotopic (exact) mass is 271 g/mol. The van der Waals surface area contributed by atoms with Crippen LogP contribution < -0.4 is 5.32 Å². The molecule has 0 spiro atoms. The number of rotatable bonds is 7. The molecule has 7 heteroatoms. The second-order valence-corrected chi connectivity index (χ2v) is 4.12. The largest absolute Gasteiger partial charge is 0.462 e. The van der Waals surface area contributed by atoms with Crippen molar-refractivity contribution >= 4 is 23.5 Å². The van der Waals surface area contributed by atoms with E-state index in [4.69, 9.17) is 9.84 Å². The number of nitrogens with zero attached hydrogens (tertiary/aromatic N) is 2. The summed E-state index contributed by atoms with van der Waals surface area (Å²) in [5, 5.41) is 12.3. The number of hydrogen-bond acceptors (Lipinski definition) is 7. The standard InChI is InChI=1S/C11H17N3O3S/c1-3-17-10(16)8-7-13-11(18-2)14-9(8)12-5-4-6-15/h7,15H,3-6H2,1-2H3,(H,12,13,14). The van der Waals surface area contributed by atoms with Crippen molar-refractivity contribution in [3.8, 4) is 0 Å². The van der Waals surface area contributed by atoms with E-state index in [1.807, 2.05) is 6.26 Å². The van der Waals surface area contributed by atoms with Gasteiger partial charge in [0.25, 0.3) is 0 Å². The third kappa shape index (κ3) is 4.15. The van der Waals surface area contributed by atoms with Crippen LogP contribution in [0.25, 0.3) is 0 Å². The molecule has 100 valence electrons. The first-order chi connectivity index (χ1) is 8.72. The molecule has 1 rings (SSSR count). The Morgan fingerprint density at radius 2 is 2.39 bits per heavy atom. The number of aliphatic hydroxyl groups excluding tert-OH is 1. The minimum atomic E-state index is -0.448. The van der Waals surface area contributed by atoms with Gasteiger partial charge in [0.15, 0.2) is 5.16 Å². The SMILES string of the molecule is CCOC(=O)c1cnc(SC)nc1NCCCO. The summed E-state index contributed by atoms with van der Waals surface area (Å²) in [7, 11) is 0. The van der Waals surface area contributed by atoms with Crippen molar-refractivity contribution in [3.05, 3.63) is 11.8 Å². The molecule has 0 atom stereocenters. The van der Waals surface area contributed by atoms with Crippen LogP contribution in [0.15, 0.2) is 11.4 Å². The number of hydrogen-bond donors (Lipinski definition) is 2. The zero-order valence-electron chi connectivity index (χ0n) is 10.5. The van der Waals surface area contributed by atoms with Crippen molar-refractivity contribution in [2.45, 2.75) is 18.5 Å². The molecule has 0 unspecified atom stereocenters. The van der Waals surface area contributed by atoms with E-state index in [1.54, 1.807) is 6.92 Å². The minimum absolute atomic E-state index is 0.0855. The zero-order chi connectivity index (χ0) is 13.4. The lowest BCUT2D eigenvalue weighted by atomic mass is 10.3. The topological polar surface area (TPSA) is 84.3 Å². The molecule has 0 saturated heterocycles. The second-order valence-electron chi connectivity index (χ2n) is 3.34. The number of esters is 1. The highest BCUT2D eigenvalue weighted by Gasteiger charge is 2.15. The van der Waals surface area contributed by atoms with E-state index in [0.29, 0.717) is 36.1 Å². The Labute approximate surface area is 110 Å². The first-order valence-corrected chi connectivity index (χ1v) is 6.88. The molecular weight excluding hydrogens is 254 g/mol. The van der Waals surface area contributed by atoms with E-state index in [0.717, 1.165) is 0 Å². The number of aliphatic hydroxyl groups is 1. The van der Waals surface area contributed by atoms with Gasteiger partial charge in [-0.2, -0.15) is 0 Å². The Kier molecular flexibility index (Phi) is 6.45. The van der Waals surface area contributed by atoms with E-state index < -0.39 is 5.97 Å². The normalized spacial score (nSPS) is 10.2. The summed E-state index contributed by atoms with van der Waals surface area (Å²) in [6.45, 7) is 2.67. The summed E-state index contributed by atoms with van der Waals surface area (Å²) in [6.07, 6.45) is 3.90. The molecular formula is C11H17N3O3S. The van der Waals surface area contributed by atoms with Crippen LogP contribution in [-0.4, -0.2) is 47.1 Å². The first kappa shape index (κ1) is 14.7. The van der Waals surface area contributed by atoms with Gasteiger partial charge in [0.2, 0.25) is 0 Å². The lowest BCUT2D eigenvalue weighted by molar-refractivity contribution is 0.0526. The van der Waals surface area contributed by atoms with Crippen molar-refractivity contribution in [1.82, 2.24) is 9.97 Å². The second kappa shape index (κ2) is 7.88. The molecule has 0 aromatic carbocycles. The summed E-state index contributed by atoms with van der Waals surface area (Å²) < 4.78 is 4.93. The van der Waals surface area contributed by atoms with Gasteiger partial charge < -0.3 is 15.2 Å². The van der Waals surface area contributed by atoms with Gasteiger partial charge in [-0.15, -0.1) is 0 Å². The number of carbonyl (C=O) groups is 1. The lowest BCUT2D eigenvalue weighted by Crippen LogP contribution is -2.14. The quantitative estimate of drug-likeness (QED) is 0.333. The smallest absolute Gasteiger partial charge is 0.343 e. The highest BCUT2D eigenvalue weighted by Crippen LogP contribution is 2.17. The number of nitrogens with one attached hydrogen (secondary N) is 1. The Morgan fingerprint density at radius 1 is 1.61 bits per heavy atom. The lowest BCUT2D eigenvalue weighted by Gasteiger charge is -2.10. The van der Waals surface area contributed by atoms with Crippen LogP contribution in [0.2, 0.25) is 0 Å². The molecule has 0 bridgehead atoms. The number of anilines is 1.